The number of hydrogen-bond donors (Lipinski definition) is 0. The molecule has 0 aliphatic carbocycles. The topological polar surface area (TPSA) is 64.0 Å². The van der Waals surface area contributed by atoms with Crippen LogP contribution < -0.4 is 4.90 Å². The van der Waals surface area contributed by atoms with Crippen LogP contribution in [-0.4, -0.2) is 0 Å². The van der Waals surface area contributed by atoms with Crippen molar-refractivity contribution in [2.24, 2.45) is 0 Å². The summed E-state index contributed by atoms with van der Waals surface area (Å²) in [5.74, 6) is 0. The maximum Gasteiger partial charge on any atom is 0.135 e. The Morgan fingerprint density at radius 1 is 0.375 bits per heavy atom. The summed E-state index contributed by atoms with van der Waals surface area (Å²) < 4.78 is 6.05. The molecule has 0 saturated carbocycles. The smallest absolute Gasteiger partial charge is 0.135 e. The van der Waals surface area contributed by atoms with E-state index in [9.17, 15) is 10.5 Å². The van der Waals surface area contributed by atoms with E-state index in [0.717, 1.165) is 72.4 Å². The minimum atomic E-state index is 0.646. The molecule has 4 nitrogen and oxygen atoms in total. The van der Waals surface area contributed by atoms with Crippen molar-refractivity contribution in [1.29, 1.82) is 10.5 Å². The Morgan fingerprint density at radius 3 is 1.21 bits per heavy atom. The van der Waals surface area contributed by atoms with Crippen LogP contribution >= 0.6 is 0 Å². The summed E-state index contributed by atoms with van der Waals surface area (Å²) in [5.41, 5.74) is 12.7. The third kappa shape index (κ3) is 5.35. The molecule has 0 spiro atoms. The number of rotatable bonds is 6. The van der Waals surface area contributed by atoms with Crippen molar-refractivity contribution in [1.82, 2.24) is 0 Å². The van der Waals surface area contributed by atoms with Gasteiger partial charge in [0.15, 0.2) is 0 Å². The molecular weight excluding hydrogens is 587 g/mol. The Bertz CT molecular complexity index is 2380. The molecule has 224 valence electrons. The zero-order valence-electron chi connectivity index (χ0n) is 25.8. The molecule has 1 heterocycles. The van der Waals surface area contributed by atoms with Crippen molar-refractivity contribution < 1.29 is 4.42 Å². The van der Waals surface area contributed by atoms with Crippen LogP contribution in [0.1, 0.15) is 11.1 Å². The third-order valence-corrected chi connectivity index (χ3v) is 8.78. The number of fused-ring (bicyclic) bond motifs is 3. The van der Waals surface area contributed by atoms with E-state index in [0.29, 0.717) is 11.1 Å². The van der Waals surface area contributed by atoms with Gasteiger partial charge < -0.3 is 9.32 Å². The number of anilines is 3. The number of nitrogens with zero attached hydrogens (tertiary/aromatic N) is 3. The standard InChI is InChI=1S/C44H27N3O/c45-28-30-5-9-32(10-6-30)34-13-20-38(21-14-34)47(39-22-15-35(16-23-39)33-11-7-31(29-46)8-12-33)40-24-17-36(18-25-40)37-19-26-44-42(27-37)41-3-1-2-4-43(41)48-44/h1-27H. The normalized spacial score (nSPS) is 10.9. The van der Waals surface area contributed by atoms with Gasteiger partial charge in [-0.25, -0.2) is 0 Å². The lowest BCUT2D eigenvalue weighted by Gasteiger charge is -2.26. The van der Waals surface area contributed by atoms with Crippen molar-refractivity contribution in [3.63, 3.8) is 0 Å². The van der Waals surface area contributed by atoms with Gasteiger partial charge in [-0.2, -0.15) is 10.5 Å². The highest BCUT2D eigenvalue weighted by Gasteiger charge is 2.15. The van der Waals surface area contributed by atoms with Gasteiger partial charge >= 0.3 is 0 Å². The van der Waals surface area contributed by atoms with E-state index in [1.165, 1.54) is 0 Å². The first-order valence-electron chi connectivity index (χ1n) is 15.7. The van der Waals surface area contributed by atoms with E-state index >= 15 is 0 Å². The van der Waals surface area contributed by atoms with Crippen molar-refractivity contribution in [2.45, 2.75) is 0 Å². The number of nitriles is 2. The molecule has 0 aliphatic rings. The molecule has 0 bridgehead atoms. The van der Waals surface area contributed by atoms with Gasteiger partial charge in [0.25, 0.3) is 0 Å². The summed E-state index contributed by atoms with van der Waals surface area (Å²) in [6, 6.07) is 59.9. The molecule has 0 saturated heterocycles. The van der Waals surface area contributed by atoms with Gasteiger partial charge in [-0.05, 0) is 112 Å². The maximum absolute atomic E-state index is 9.20. The Balaban J connectivity index is 1.16. The molecule has 0 atom stereocenters. The molecule has 0 unspecified atom stereocenters. The van der Waals surface area contributed by atoms with E-state index in [1.54, 1.807) is 0 Å². The van der Waals surface area contributed by atoms with Gasteiger partial charge in [-0.15, -0.1) is 0 Å². The molecule has 0 aliphatic heterocycles. The minimum absolute atomic E-state index is 0.646. The fourth-order valence-corrected chi connectivity index (χ4v) is 6.24. The lowest BCUT2D eigenvalue weighted by Crippen LogP contribution is -2.09. The molecular formula is C44H27N3O. The summed E-state index contributed by atoms with van der Waals surface area (Å²) in [7, 11) is 0. The van der Waals surface area contributed by atoms with Crippen LogP contribution in [0.25, 0.3) is 55.3 Å². The zero-order chi connectivity index (χ0) is 32.5. The quantitative estimate of drug-likeness (QED) is 0.187. The molecule has 48 heavy (non-hydrogen) atoms. The monoisotopic (exact) mass is 613 g/mol. The van der Waals surface area contributed by atoms with E-state index < -0.39 is 0 Å². The van der Waals surface area contributed by atoms with Crippen LogP contribution in [0, 0.1) is 22.7 Å². The molecule has 4 heteroatoms. The van der Waals surface area contributed by atoms with Gasteiger partial charge in [0.1, 0.15) is 11.2 Å². The van der Waals surface area contributed by atoms with Crippen LogP contribution in [0.4, 0.5) is 17.1 Å². The molecule has 1 aromatic heterocycles. The van der Waals surface area contributed by atoms with Crippen molar-refractivity contribution in [3.8, 4) is 45.5 Å². The number of para-hydroxylation sites is 1. The van der Waals surface area contributed by atoms with Crippen LogP contribution in [0.3, 0.4) is 0 Å². The molecule has 8 aromatic rings. The average Bonchev–Trinajstić information content (AvgIpc) is 3.54. The Kier molecular flexibility index (Phi) is 7.23. The van der Waals surface area contributed by atoms with Gasteiger partial charge in [0.2, 0.25) is 0 Å². The first kappa shape index (κ1) is 28.6. The lowest BCUT2D eigenvalue weighted by molar-refractivity contribution is 0.669. The molecule has 0 radical (unpaired) electrons. The minimum Gasteiger partial charge on any atom is -0.456 e. The largest absolute Gasteiger partial charge is 0.456 e. The predicted octanol–water partition coefficient (Wildman–Crippen LogP) is 11.8. The SMILES string of the molecule is N#Cc1ccc(-c2ccc(N(c3ccc(-c4ccc(C#N)cc4)cc3)c3ccc(-c4ccc5oc6ccccc6c5c4)cc3)cc2)cc1. The molecule has 0 amide bonds. The average molecular weight is 614 g/mol. The first-order chi connectivity index (χ1) is 23.7. The van der Waals surface area contributed by atoms with Crippen molar-refractivity contribution in [2.75, 3.05) is 4.90 Å². The molecule has 8 rings (SSSR count). The summed E-state index contributed by atoms with van der Waals surface area (Å²) in [5, 5.41) is 20.6. The van der Waals surface area contributed by atoms with Crippen LogP contribution in [-0.2, 0) is 0 Å². The van der Waals surface area contributed by atoms with Gasteiger partial charge in [0.05, 0.1) is 23.3 Å². The highest BCUT2D eigenvalue weighted by molar-refractivity contribution is 6.06. The van der Waals surface area contributed by atoms with Gasteiger partial charge in [-0.3, -0.25) is 0 Å². The zero-order valence-corrected chi connectivity index (χ0v) is 25.8. The molecule has 0 N–H and O–H groups in total. The van der Waals surface area contributed by atoms with Crippen LogP contribution in [0.15, 0.2) is 168 Å². The van der Waals surface area contributed by atoms with Crippen molar-refractivity contribution in [3.05, 3.63) is 175 Å². The Hall–Kier alpha value is -6.88. The second-order valence-electron chi connectivity index (χ2n) is 11.7. The molecule has 7 aromatic carbocycles. The lowest BCUT2D eigenvalue weighted by atomic mass is 10.0. The number of benzene rings is 7. The van der Waals surface area contributed by atoms with Crippen molar-refractivity contribution >= 4 is 39.0 Å². The first-order valence-corrected chi connectivity index (χ1v) is 15.7. The maximum atomic E-state index is 9.20. The predicted molar refractivity (Wildman–Crippen MR) is 194 cm³/mol. The highest BCUT2D eigenvalue weighted by Crippen LogP contribution is 2.38. The number of hydrogen-bond acceptors (Lipinski definition) is 4. The van der Waals surface area contributed by atoms with E-state index in [1.807, 2.05) is 66.7 Å². The third-order valence-electron chi connectivity index (χ3n) is 8.78. The number of furan rings is 1. The van der Waals surface area contributed by atoms with Crippen LogP contribution in [0.5, 0.6) is 0 Å². The Labute approximate surface area is 278 Å². The van der Waals surface area contributed by atoms with Gasteiger partial charge in [-0.1, -0.05) is 84.9 Å². The summed E-state index contributed by atoms with van der Waals surface area (Å²) in [6.07, 6.45) is 0. The van der Waals surface area contributed by atoms with E-state index in [4.69, 9.17) is 4.42 Å². The van der Waals surface area contributed by atoms with E-state index in [-0.39, 0.29) is 0 Å². The molecule has 0 fully saturated rings. The summed E-state index contributed by atoms with van der Waals surface area (Å²) in [4.78, 5) is 2.25. The summed E-state index contributed by atoms with van der Waals surface area (Å²) >= 11 is 0. The highest BCUT2D eigenvalue weighted by atomic mass is 16.3. The van der Waals surface area contributed by atoms with Crippen LogP contribution in [0.2, 0.25) is 0 Å². The Morgan fingerprint density at radius 2 is 0.750 bits per heavy atom. The second kappa shape index (κ2) is 12.1. The summed E-state index contributed by atoms with van der Waals surface area (Å²) in [6.45, 7) is 0. The van der Waals surface area contributed by atoms with E-state index in [2.05, 4.69) is 114 Å². The second-order valence-corrected chi connectivity index (χ2v) is 11.7. The van der Waals surface area contributed by atoms with Gasteiger partial charge in [0, 0.05) is 27.8 Å². The fourth-order valence-electron chi connectivity index (χ4n) is 6.24. The fraction of sp³-hybridized carbons (Fsp3) is 0.